The average molecular weight is 321 g/mol. The standard InChI is InChI=1S/C10H9F6NO4/c1-2-21-8(20)3-5(9(11,12)13)17-7(19)4-6(18)10(14,15)16/h3-4,18H,2H2,1H3,(H,17,19)/b5-3-,6-4-. The van der Waals surface area contributed by atoms with Gasteiger partial charge in [-0.25, -0.2) is 4.79 Å². The molecule has 0 saturated carbocycles. The summed E-state index contributed by atoms with van der Waals surface area (Å²) in [7, 11) is 0. The molecule has 0 heterocycles. The number of rotatable bonds is 4. The van der Waals surface area contributed by atoms with Gasteiger partial charge in [0.15, 0.2) is 0 Å². The normalized spacial score (nSPS) is 13.9. The molecule has 0 saturated heterocycles. The Labute approximate surface area is 113 Å². The van der Waals surface area contributed by atoms with Crippen LogP contribution in [0.2, 0.25) is 0 Å². The highest BCUT2D eigenvalue weighted by Gasteiger charge is 2.37. The molecule has 120 valence electrons. The molecule has 21 heavy (non-hydrogen) atoms. The van der Waals surface area contributed by atoms with Crippen molar-refractivity contribution in [1.82, 2.24) is 5.32 Å². The molecule has 0 radical (unpaired) electrons. The quantitative estimate of drug-likeness (QED) is 0.360. The number of esters is 1. The summed E-state index contributed by atoms with van der Waals surface area (Å²) >= 11 is 0. The van der Waals surface area contributed by atoms with Gasteiger partial charge in [0.25, 0.3) is 5.91 Å². The topological polar surface area (TPSA) is 75.6 Å². The summed E-state index contributed by atoms with van der Waals surface area (Å²) in [4.78, 5) is 21.8. The molecule has 0 aliphatic carbocycles. The number of alkyl halides is 6. The van der Waals surface area contributed by atoms with Crippen LogP contribution in [0.15, 0.2) is 23.6 Å². The first-order valence-electron chi connectivity index (χ1n) is 5.12. The molecule has 0 fully saturated rings. The van der Waals surface area contributed by atoms with E-state index >= 15 is 0 Å². The predicted octanol–water partition coefficient (Wildman–Crippen LogP) is 2.12. The Hall–Kier alpha value is -2.20. The number of carbonyl (C=O) groups is 2. The number of hydrogen-bond acceptors (Lipinski definition) is 4. The van der Waals surface area contributed by atoms with Gasteiger partial charge in [0.05, 0.1) is 18.8 Å². The van der Waals surface area contributed by atoms with Crippen molar-refractivity contribution < 1.29 is 45.8 Å². The summed E-state index contributed by atoms with van der Waals surface area (Å²) in [6, 6.07) is 0. The molecule has 0 unspecified atom stereocenters. The number of carbonyl (C=O) groups excluding carboxylic acids is 2. The molecule has 0 aromatic heterocycles. The van der Waals surface area contributed by atoms with Crippen LogP contribution < -0.4 is 5.32 Å². The third kappa shape index (κ3) is 7.22. The molecule has 0 atom stereocenters. The van der Waals surface area contributed by atoms with Crippen molar-refractivity contribution in [2.75, 3.05) is 6.61 Å². The number of hydrogen-bond donors (Lipinski definition) is 2. The zero-order valence-corrected chi connectivity index (χ0v) is 10.3. The van der Waals surface area contributed by atoms with Gasteiger partial charge in [-0.3, -0.25) is 4.79 Å². The summed E-state index contributed by atoms with van der Waals surface area (Å²) in [5.74, 6) is -5.76. The van der Waals surface area contributed by atoms with E-state index < -0.39 is 41.8 Å². The van der Waals surface area contributed by atoms with Crippen LogP contribution in [-0.4, -0.2) is 35.9 Å². The van der Waals surface area contributed by atoms with Crippen molar-refractivity contribution in [3.05, 3.63) is 23.6 Å². The van der Waals surface area contributed by atoms with Gasteiger partial charge in [-0.15, -0.1) is 0 Å². The van der Waals surface area contributed by atoms with E-state index in [9.17, 15) is 35.9 Å². The van der Waals surface area contributed by atoms with Crippen molar-refractivity contribution >= 4 is 11.9 Å². The highest BCUT2D eigenvalue weighted by atomic mass is 19.4. The van der Waals surface area contributed by atoms with Crippen molar-refractivity contribution in [2.45, 2.75) is 19.3 Å². The summed E-state index contributed by atoms with van der Waals surface area (Å²) in [6.45, 7) is 1.06. The Bertz CT molecular complexity index is 463. The van der Waals surface area contributed by atoms with Crippen molar-refractivity contribution in [3.8, 4) is 0 Å². The van der Waals surface area contributed by atoms with Gasteiger partial charge in [0.2, 0.25) is 5.76 Å². The Balaban J connectivity index is 5.19. The molecular weight excluding hydrogens is 312 g/mol. The van der Waals surface area contributed by atoms with Gasteiger partial charge in [-0.1, -0.05) is 0 Å². The molecule has 0 aliphatic rings. The molecule has 1 amide bonds. The fraction of sp³-hybridized carbons (Fsp3) is 0.400. The first-order chi connectivity index (χ1) is 9.37. The summed E-state index contributed by atoms with van der Waals surface area (Å²) in [6.07, 6.45) is -11.1. The van der Waals surface area contributed by atoms with E-state index in [1.807, 2.05) is 0 Å². The van der Waals surface area contributed by atoms with Crippen LogP contribution in [0.3, 0.4) is 0 Å². The maximum absolute atomic E-state index is 12.5. The Morgan fingerprint density at radius 1 is 1.10 bits per heavy atom. The Morgan fingerprint density at radius 3 is 2.00 bits per heavy atom. The van der Waals surface area contributed by atoms with Crippen LogP contribution in [0.1, 0.15) is 6.92 Å². The van der Waals surface area contributed by atoms with Crippen LogP contribution in [0.4, 0.5) is 26.3 Å². The SMILES string of the molecule is CCOC(=O)/C=C(\NC(=O)/C=C(\O)C(F)(F)F)C(F)(F)F. The van der Waals surface area contributed by atoms with Crippen LogP contribution >= 0.6 is 0 Å². The van der Waals surface area contributed by atoms with E-state index in [0.29, 0.717) is 0 Å². The zero-order chi connectivity index (χ0) is 16.8. The first kappa shape index (κ1) is 18.8. The van der Waals surface area contributed by atoms with E-state index in [4.69, 9.17) is 5.11 Å². The Morgan fingerprint density at radius 2 is 1.62 bits per heavy atom. The predicted molar refractivity (Wildman–Crippen MR) is 55.7 cm³/mol. The number of aliphatic hydroxyl groups is 1. The highest BCUT2D eigenvalue weighted by Crippen LogP contribution is 2.25. The molecule has 11 heteroatoms. The maximum atomic E-state index is 12.5. The van der Waals surface area contributed by atoms with Crippen LogP contribution in [0.5, 0.6) is 0 Å². The van der Waals surface area contributed by atoms with Gasteiger partial charge < -0.3 is 15.2 Å². The zero-order valence-electron chi connectivity index (χ0n) is 10.3. The number of amides is 1. The van der Waals surface area contributed by atoms with Gasteiger partial charge in [0, 0.05) is 0 Å². The number of halogens is 6. The minimum Gasteiger partial charge on any atom is -0.504 e. The number of ether oxygens (including phenoxy) is 1. The molecule has 2 N–H and O–H groups in total. The summed E-state index contributed by atoms with van der Waals surface area (Å²) in [5, 5.41) is 9.43. The van der Waals surface area contributed by atoms with Crippen LogP contribution in [0, 0.1) is 0 Å². The summed E-state index contributed by atoms with van der Waals surface area (Å²) < 4.78 is 77.2. The Kier molecular flexibility index (Phi) is 6.26. The van der Waals surface area contributed by atoms with Crippen molar-refractivity contribution in [1.29, 1.82) is 0 Å². The second-order valence-electron chi connectivity index (χ2n) is 3.32. The first-order valence-corrected chi connectivity index (χ1v) is 5.12. The largest absolute Gasteiger partial charge is 0.504 e. The van der Waals surface area contributed by atoms with Gasteiger partial charge >= 0.3 is 18.3 Å². The molecule has 0 aromatic carbocycles. The van der Waals surface area contributed by atoms with E-state index in [1.54, 1.807) is 0 Å². The lowest BCUT2D eigenvalue weighted by molar-refractivity contribution is -0.138. The van der Waals surface area contributed by atoms with Crippen LogP contribution in [-0.2, 0) is 14.3 Å². The maximum Gasteiger partial charge on any atom is 0.448 e. The third-order valence-electron chi connectivity index (χ3n) is 1.67. The van der Waals surface area contributed by atoms with Crippen molar-refractivity contribution in [3.63, 3.8) is 0 Å². The van der Waals surface area contributed by atoms with Gasteiger partial charge in [0.1, 0.15) is 5.70 Å². The average Bonchev–Trinajstić information content (AvgIpc) is 2.25. The second-order valence-corrected chi connectivity index (χ2v) is 3.32. The van der Waals surface area contributed by atoms with E-state index in [1.165, 1.54) is 6.92 Å². The lowest BCUT2D eigenvalue weighted by Gasteiger charge is -2.12. The fourth-order valence-corrected chi connectivity index (χ4v) is 0.865. The molecule has 0 rings (SSSR count). The highest BCUT2D eigenvalue weighted by molar-refractivity contribution is 5.91. The van der Waals surface area contributed by atoms with E-state index in [-0.39, 0.29) is 12.7 Å². The second kappa shape index (κ2) is 6.99. The van der Waals surface area contributed by atoms with E-state index in [2.05, 4.69) is 4.74 Å². The monoisotopic (exact) mass is 321 g/mol. The summed E-state index contributed by atoms with van der Waals surface area (Å²) in [5.41, 5.74) is -1.93. The number of aliphatic hydroxyl groups excluding tert-OH is 1. The molecular formula is C10H9F6NO4. The lowest BCUT2D eigenvalue weighted by atomic mass is 10.3. The smallest absolute Gasteiger partial charge is 0.448 e. The molecule has 5 nitrogen and oxygen atoms in total. The fourth-order valence-electron chi connectivity index (χ4n) is 0.865. The third-order valence-corrected chi connectivity index (χ3v) is 1.67. The van der Waals surface area contributed by atoms with Gasteiger partial charge in [-0.05, 0) is 6.92 Å². The van der Waals surface area contributed by atoms with Crippen molar-refractivity contribution in [2.24, 2.45) is 0 Å². The molecule has 0 aromatic rings. The molecule has 0 aliphatic heterocycles. The van der Waals surface area contributed by atoms with E-state index in [0.717, 1.165) is 5.32 Å². The van der Waals surface area contributed by atoms with Crippen LogP contribution in [0.25, 0.3) is 0 Å². The number of allylic oxidation sites excluding steroid dienone is 2. The molecule has 0 spiro atoms. The lowest BCUT2D eigenvalue weighted by Crippen LogP contribution is -2.32. The minimum absolute atomic E-state index is 0.139. The number of nitrogens with one attached hydrogen (secondary N) is 1. The molecule has 0 bridgehead atoms. The van der Waals surface area contributed by atoms with Gasteiger partial charge in [-0.2, -0.15) is 26.3 Å². The minimum atomic E-state index is -5.29.